The van der Waals surface area contributed by atoms with Gasteiger partial charge < -0.3 is 9.40 Å². The Morgan fingerprint density at radius 3 is 2.70 bits per heavy atom. The molecule has 0 aliphatic carbocycles. The Bertz CT molecular complexity index is 1540. The van der Waals surface area contributed by atoms with E-state index in [1.807, 2.05) is 30.3 Å². The van der Waals surface area contributed by atoms with Gasteiger partial charge in [-0.15, -0.1) is 5.10 Å². The van der Waals surface area contributed by atoms with E-state index in [0.717, 1.165) is 53.0 Å². The molecule has 3 aromatic heterocycles. The summed E-state index contributed by atoms with van der Waals surface area (Å²) in [6.07, 6.45) is 3.29. The lowest BCUT2D eigenvalue weighted by atomic mass is 10.0. The summed E-state index contributed by atoms with van der Waals surface area (Å²) < 4.78 is 7.33. The van der Waals surface area contributed by atoms with Crippen molar-refractivity contribution in [2.24, 2.45) is 0 Å². The van der Waals surface area contributed by atoms with Gasteiger partial charge in [-0.3, -0.25) is 9.69 Å². The standard InChI is InChI=1S/C29H32N6O2/c1-4-27(28-31-32-33-35(28)19-25-10-7-15-37-25)34(14-13-22-9-6-5-8-21(22)3)18-24-17-23-16-20(2)11-12-26(23)30-29(24)36/h5-12,15-17,27H,4,13-14,18-19H2,1-3H3,(H,30,36)/t27-/m1/s1. The van der Waals surface area contributed by atoms with Crippen LogP contribution in [0.2, 0.25) is 0 Å². The molecule has 0 saturated heterocycles. The highest BCUT2D eigenvalue weighted by Gasteiger charge is 2.26. The van der Waals surface area contributed by atoms with Gasteiger partial charge >= 0.3 is 0 Å². The number of furan rings is 1. The molecular formula is C29H32N6O2. The minimum atomic E-state index is -0.0819. The number of rotatable bonds is 10. The second-order valence-corrected chi connectivity index (χ2v) is 9.56. The minimum Gasteiger partial charge on any atom is -0.467 e. The molecule has 190 valence electrons. The smallest absolute Gasteiger partial charge is 0.252 e. The summed E-state index contributed by atoms with van der Waals surface area (Å²) in [5.74, 6) is 1.55. The normalized spacial score (nSPS) is 12.4. The van der Waals surface area contributed by atoms with Crippen molar-refractivity contribution >= 4 is 10.9 Å². The Balaban J connectivity index is 1.49. The van der Waals surface area contributed by atoms with Gasteiger partial charge in [0.15, 0.2) is 5.82 Å². The van der Waals surface area contributed by atoms with Crippen molar-refractivity contribution in [1.29, 1.82) is 0 Å². The molecule has 0 saturated carbocycles. The van der Waals surface area contributed by atoms with Crippen molar-refractivity contribution in [3.05, 3.63) is 111 Å². The van der Waals surface area contributed by atoms with Gasteiger partial charge in [0.1, 0.15) is 12.3 Å². The van der Waals surface area contributed by atoms with Gasteiger partial charge in [0.2, 0.25) is 0 Å². The summed E-state index contributed by atoms with van der Waals surface area (Å²) in [5, 5.41) is 13.7. The molecule has 0 spiro atoms. The van der Waals surface area contributed by atoms with Crippen LogP contribution in [0, 0.1) is 13.8 Å². The number of aryl methyl sites for hydroxylation is 2. The first-order chi connectivity index (χ1) is 18.0. The van der Waals surface area contributed by atoms with E-state index >= 15 is 0 Å². The zero-order valence-electron chi connectivity index (χ0n) is 21.5. The van der Waals surface area contributed by atoms with Crippen LogP contribution in [0.5, 0.6) is 0 Å². The monoisotopic (exact) mass is 496 g/mol. The van der Waals surface area contributed by atoms with Crippen LogP contribution >= 0.6 is 0 Å². The summed E-state index contributed by atoms with van der Waals surface area (Å²) in [7, 11) is 0. The molecule has 0 radical (unpaired) electrons. The van der Waals surface area contributed by atoms with E-state index < -0.39 is 0 Å². The molecule has 37 heavy (non-hydrogen) atoms. The minimum absolute atomic E-state index is 0.0673. The maximum Gasteiger partial charge on any atom is 0.252 e. The van der Waals surface area contributed by atoms with Crippen LogP contribution in [0.25, 0.3) is 10.9 Å². The lowest BCUT2D eigenvalue weighted by molar-refractivity contribution is 0.171. The molecule has 0 amide bonds. The van der Waals surface area contributed by atoms with Crippen LogP contribution in [0.1, 0.15) is 53.2 Å². The molecule has 0 aliphatic rings. The van der Waals surface area contributed by atoms with Gasteiger partial charge in [-0.1, -0.05) is 42.8 Å². The molecule has 0 aliphatic heterocycles. The van der Waals surface area contributed by atoms with Crippen molar-refractivity contribution in [3.63, 3.8) is 0 Å². The second kappa shape index (κ2) is 10.9. The third kappa shape index (κ3) is 5.54. The van der Waals surface area contributed by atoms with Crippen LogP contribution in [-0.2, 0) is 19.5 Å². The first-order valence-electron chi connectivity index (χ1n) is 12.7. The van der Waals surface area contributed by atoms with E-state index in [0.29, 0.717) is 13.1 Å². The average Bonchev–Trinajstić information content (AvgIpc) is 3.57. The molecule has 5 rings (SSSR count). The summed E-state index contributed by atoms with van der Waals surface area (Å²) in [6.45, 7) is 8.01. The largest absolute Gasteiger partial charge is 0.467 e. The Labute approximate surface area is 215 Å². The number of nitrogens with zero attached hydrogens (tertiary/aromatic N) is 5. The first-order valence-corrected chi connectivity index (χ1v) is 12.7. The summed E-state index contributed by atoms with van der Waals surface area (Å²) in [4.78, 5) is 18.5. The van der Waals surface area contributed by atoms with Crippen LogP contribution in [0.4, 0.5) is 0 Å². The summed E-state index contributed by atoms with van der Waals surface area (Å²) >= 11 is 0. The van der Waals surface area contributed by atoms with Crippen molar-refractivity contribution in [1.82, 2.24) is 30.1 Å². The van der Waals surface area contributed by atoms with Gasteiger partial charge in [0.25, 0.3) is 5.56 Å². The Morgan fingerprint density at radius 2 is 1.92 bits per heavy atom. The van der Waals surface area contributed by atoms with Crippen LogP contribution < -0.4 is 5.56 Å². The number of hydrogen-bond donors (Lipinski definition) is 1. The van der Waals surface area contributed by atoms with E-state index in [9.17, 15) is 4.79 Å². The van der Waals surface area contributed by atoms with Crippen molar-refractivity contribution in [2.75, 3.05) is 6.54 Å². The molecule has 0 bridgehead atoms. The number of pyridine rings is 1. The number of aromatic nitrogens is 5. The zero-order valence-corrected chi connectivity index (χ0v) is 21.5. The predicted octanol–water partition coefficient (Wildman–Crippen LogP) is 4.97. The maximum absolute atomic E-state index is 13.1. The van der Waals surface area contributed by atoms with E-state index in [1.165, 1.54) is 11.1 Å². The highest BCUT2D eigenvalue weighted by atomic mass is 16.3. The molecule has 3 heterocycles. The van der Waals surface area contributed by atoms with Crippen LogP contribution in [0.15, 0.2) is 76.1 Å². The molecule has 8 heteroatoms. The number of tetrazole rings is 1. The lowest BCUT2D eigenvalue weighted by Crippen LogP contribution is -2.34. The van der Waals surface area contributed by atoms with E-state index in [2.05, 4.69) is 76.5 Å². The number of nitrogens with one attached hydrogen (secondary N) is 1. The molecule has 2 aromatic carbocycles. The molecule has 1 atom stereocenters. The summed E-state index contributed by atoms with van der Waals surface area (Å²) in [5.41, 5.74) is 5.22. The Hall–Kier alpha value is -4.04. The predicted molar refractivity (Wildman–Crippen MR) is 143 cm³/mol. The molecule has 1 N–H and O–H groups in total. The lowest BCUT2D eigenvalue weighted by Gasteiger charge is -2.30. The SMILES string of the molecule is CC[C@H](c1nnnn1Cc1ccco1)N(CCc1ccccc1C)Cc1cc2cc(C)ccc2[nH]c1=O. The summed E-state index contributed by atoms with van der Waals surface area (Å²) in [6, 6.07) is 20.2. The maximum atomic E-state index is 13.1. The van der Waals surface area contributed by atoms with Crippen molar-refractivity contribution in [2.45, 2.75) is 52.7 Å². The Kier molecular flexibility index (Phi) is 7.28. The topological polar surface area (TPSA) is 92.8 Å². The van der Waals surface area contributed by atoms with Crippen LogP contribution in [-0.4, -0.2) is 36.6 Å². The quantitative estimate of drug-likeness (QED) is 0.294. The number of hydrogen-bond acceptors (Lipinski definition) is 6. The fourth-order valence-corrected chi connectivity index (χ4v) is 4.92. The molecule has 8 nitrogen and oxygen atoms in total. The van der Waals surface area contributed by atoms with Gasteiger partial charge in [-0.2, -0.15) is 0 Å². The third-order valence-electron chi connectivity index (χ3n) is 6.95. The van der Waals surface area contributed by atoms with Gasteiger partial charge in [0.05, 0.1) is 12.3 Å². The number of aromatic amines is 1. The highest BCUT2D eigenvalue weighted by Crippen LogP contribution is 2.26. The molecule has 5 aromatic rings. The van der Waals surface area contributed by atoms with Crippen molar-refractivity contribution in [3.8, 4) is 0 Å². The fraction of sp³-hybridized carbons (Fsp3) is 0.310. The van der Waals surface area contributed by atoms with Gasteiger partial charge in [-0.25, -0.2) is 4.68 Å². The Morgan fingerprint density at radius 1 is 1.05 bits per heavy atom. The number of fused-ring (bicyclic) bond motifs is 1. The van der Waals surface area contributed by atoms with E-state index in [-0.39, 0.29) is 11.6 Å². The third-order valence-corrected chi connectivity index (χ3v) is 6.95. The van der Waals surface area contributed by atoms with Crippen molar-refractivity contribution < 1.29 is 4.42 Å². The van der Waals surface area contributed by atoms with E-state index in [4.69, 9.17) is 4.42 Å². The highest BCUT2D eigenvalue weighted by molar-refractivity contribution is 5.79. The molecule has 0 fully saturated rings. The fourth-order valence-electron chi connectivity index (χ4n) is 4.92. The number of benzene rings is 2. The van der Waals surface area contributed by atoms with Gasteiger partial charge in [0, 0.05) is 24.2 Å². The average molecular weight is 497 g/mol. The molecule has 0 unspecified atom stereocenters. The molecular weight excluding hydrogens is 464 g/mol. The number of H-pyrrole nitrogens is 1. The van der Waals surface area contributed by atoms with Gasteiger partial charge in [-0.05, 0) is 84.0 Å². The first kappa shape index (κ1) is 24.6. The zero-order chi connectivity index (χ0) is 25.8. The van der Waals surface area contributed by atoms with Crippen LogP contribution in [0.3, 0.4) is 0 Å². The van der Waals surface area contributed by atoms with E-state index in [1.54, 1.807) is 10.9 Å². The second-order valence-electron chi connectivity index (χ2n) is 9.56.